The van der Waals surface area contributed by atoms with Gasteiger partial charge in [-0.1, -0.05) is 6.92 Å². The minimum atomic E-state index is -0.867. The van der Waals surface area contributed by atoms with Crippen molar-refractivity contribution in [3.8, 4) is 0 Å². The Hall–Kier alpha value is -1.36. The van der Waals surface area contributed by atoms with E-state index in [1.165, 1.54) is 0 Å². The Morgan fingerprint density at radius 3 is 2.75 bits per heavy atom. The molecule has 1 heterocycles. The first kappa shape index (κ1) is 12.7. The molecule has 0 aliphatic rings. The molecule has 0 aliphatic carbocycles. The van der Waals surface area contributed by atoms with Crippen LogP contribution in [0.25, 0.3) is 0 Å². The van der Waals surface area contributed by atoms with E-state index in [0.717, 1.165) is 12.1 Å². The first-order valence-electron chi connectivity index (χ1n) is 5.51. The van der Waals surface area contributed by atoms with Crippen molar-refractivity contribution in [3.63, 3.8) is 0 Å². The molecule has 1 rings (SSSR count). The zero-order valence-corrected chi connectivity index (χ0v) is 10.0. The summed E-state index contributed by atoms with van der Waals surface area (Å²) >= 11 is 0. The van der Waals surface area contributed by atoms with Crippen molar-refractivity contribution >= 4 is 5.97 Å². The van der Waals surface area contributed by atoms with Crippen molar-refractivity contribution in [1.29, 1.82) is 0 Å². The first-order chi connectivity index (χ1) is 7.51. The topological polar surface area (TPSA) is 67.2 Å². The van der Waals surface area contributed by atoms with Gasteiger partial charge in [0.2, 0.25) is 0 Å². The summed E-state index contributed by atoms with van der Waals surface area (Å²) in [6, 6.07) is 0. The lowest BCUT2D eigenvalue weighted by molar-refractivity contribution is -0.144. The maximum absolute atomic E-state index is 11.1. The number of rotatable bonds is 6. The molecule has 0 saturated carbocycles. The zero-order valence-electron chi connectivity index (χ0n) is 10.0. The molecule has 0 fully saturated rings. The molecular formula is C11H19N3O2. The van der Waals surface area contributed by atoms with Crippen molar-refractivity contribution < 1.29 is 9.90 Å². The number of aryl methyl sites for hydroxylation is 1. The monoisotopic (exact) mass is 225 g/mol. The van der Waals surface area contributed by atoms with Gasteiger partial charge in [0.1, 0.15) is 5.54 Å². The lowest BCUT2D eigenvalue weighted by Gasteiger charge is -2.24. The second-order valence-corrected chi connectivity index (χ2v) is 4.05. The molecular weight excluding hydrogens is 206 g/mol. The number of aromatic nitrogens is 2. The quantitative estimate of drug-likeness (QED) is 0.764. The van der Waals surface area contributed by atoms with Crippen LogP contribution in [-0.4, -0.2) is 26.4 Å². The number of hydrogen-bond acceptors (Lipinski definition) is 3. The summed E-state index contributed by atoms with van der Waals surface area (Å²) in [6.07, 6.45) is 4.23. The summed E-state index contributed by atoms with van der Waals surface area (Å²) in [4.78, 5) is 11.1. The maximum atomic E-state index is 11.1. The van der Waals surface area contributed by atoms with Crippen LogP contribution in [0.3, 0.4) is 0 Å². The molecule has 1 unspecified atom stereocenters. The number of nitrogens with one attached hydrogen (secondary N) is 1. The Kier molecular flexibility index (Phi) is 4.06. The van der Waals surface area contributed by atoms with Crippen LogP contribution < -0.4 is 5.32 Å². The van der Waals surface area contributed by atoms with E-state index in [2.05, 4.69) is 10.4 Å². The van der Waals surface area contributed by atoms with Crippen molar-refractivity contribution in [2.75, 3.05) is 0 Å². The van der Waals surface area contributed by atoms with E-state index in [1.807, 2.05) is 24.7 Å². The molecule has 2 N–H and O–H groups in total. The van der Waals surface area contributed by atoms with Crippen LogP contribution in [0.15, 0.2) is 12.4 Å². The molecule has 0 bridgehead atoms. The van der Waals surface area contributed by atoms with Gasteiger partial charge in [-0.05, 0) is 20.3 Å². The number of hydrogen-bond donors (Lipinski definition) is 2. The molecule has 0 aliphatic heterocycles. The molecule has 1 aromatic heterocycles. The average molecular weight is 225 g/mol. The molecule has 1 atom stereocenters. The Morgan fingerprint density at radius 1 is 1.62 bits per heavy atom. The summed E-state index contributed by atoms with van der Waals surface area (Å²) in [5.41, 5.74) is 0.136. The van der Waals surface area contributed by atoms with Crippen LogP contribution in [0.2, 0.25) is 0 Å². The van der Waals surface area contributed by atoms with Gasteiger partial charge in [-0.2, -0.15) is 5.10 Å². The molecule has 5 heteroatoms. The van der Waals surface area contributed by atoms with E-state index in [-0.39, 0.29) is 0 Å². The molecule has 90 valence electrons. The smallest absolute Gasteiger partial charge is 0.323 e. The van der Waals surface area contributed by atoms with Crippen molar-refractivity contribution in [2.45, 2.75) is 45.8 Å². The van der Waals surface area contributed by atoms with Crippen molar-refractivity contribution in [3.05, 3.63) is 18.0 Å². The minimum Gasteiger partial charge on any atom is -0.480 e. The van der Waals surface area contributed by atoms with Crippen LogP contribution in [0.5, 0.6) is 0 Å². The summed E-state index contributed by atoms with van der Waals surface area (Å²) < 4.78 is 1.82. The van der Waals surface area contributed by atoms with Gasteiger partial charge in [0.15, 0.2) is 0 Å². The van der Waals surface area contributed by atoms with Gasteiger partial charge in [0.05, 0.1) is 6.20 Å². The predicted molar refractivity (Wildman–Crippen MR) is 61.1 cm³/mol. The van der Waals surface area contributed by atoms with E-state index in [4.69, 9.17) is 5.11 Å². The van der Waals surface area contributed by atoms with Crippen LogP contribution in [0.1, 0.15) is 32.8 Å². The van der Waals surface area contributed by atoms with Gasteiger partial charge in [0, 0.05) is 24.8 Å². The SMILES string of the molecule is CCn1cc(CNC(C)(CC)C(=O)O)cn1. The molecule has 5 nitrogen and oxygen atoms in total. The molecule has 0 saturated heterocycles. The normalized spacial score (nSPS) is 14.7. The Balaban J connectivity index is 2.59. The fourth-order valence-electron chi connectivity index (χ4n) is 1.32. The average Bonchev–Trinajstić information content (AvgIpc) is 2.73. The van der Waals surface area contributed by atoms with E-state index >= 15 is 0 Å². The number of carboxylic acid groups (broad SMARTS) is 1. The van der Waals surface area contributed by atoms with Gasteiger partial charge < -0.3 is 5.11 Å². The molecule has 0 aromatic carbocycles. The second kappa shape index (κ2) is 5.12. The highest BCUT2D eigenvalue weighted by Crippen LogP contribution is 2.10. The van der Waals surface area contributed by atoms with Gasteiger partial charge in [-0.25, -0.2) is 0 Å². The van der Waals surface area contributed by atoms with E-state index in [9.17, 15) is 4.79 Å². The fraction of sp³-hybridized carbons (Fsp3) is 0.636. The highest BCUT2D eigenvalue weighted by molar-refractivity contribution is 5.78. The van der Waals surface area contributed by atoms with E-state index in [0.29, 0.717) is 13.0 Å². The first-order valence-corrected chi connectivity index (χ1v) is 5.51. The maximum Gasteiger partial charge on any atom is 0.323 e. The van der Waals surface area contributed by atoms with Crippen LogP contribution in [-0.2, 0) is 17.9 Å². The summed E-state index contributed by atoms with van der Waals surface area (Å²) in [7, 11) is 0. The summed E-state index contributed by atoms with van der Waals surface area (Å²) in [5.74, 6) is -0.821. The van der Waals surface area contributed by atoms with E-state index in [1.54, 1.807) is 13.1 Å². The number of nitrogens with zero attached hydrogens (tertiary/aromatic N) is 2. The van der Waals surface area contributed by atoms with Gasteiger partial charge in [0.25, 0.3) is 0 Å². The number of carboxylic acids is 1. The van der Waals surface area contributed by atoms with Gasteiger partial charge in [-0.3, -0.25) is 14.8 Å². The molecule has 1 aromatic rings. The standard InChI is InChI=1S/C11H19N3O2/c1-4-11(3,10(15)16)12-6-9-7-13-14(5-2)8-9/h7-8,12H,4-6H2,1-3H3,(H,15,16). The molecule has 0 spiro atoms. The van der Waals surface area contributed by atoms with Crippen LogP contribution >= 0.6 is 0 Å². The third kappa shape index (κ3) is 2.82. The van der Waals surface area contributed by atoms with E-state index < -0.39 is 11.5 Å². The summed E-state index contributed by atoms with van der Waals surface area (Å²) in [5, 5.41) is 16.3. The third-order valence-corrected chi connectivity index (χ3v) is 2.87. The Morgan fingerprint density at radius 2 is 2.31 bits per heavy atom. The Labute approximate surface area is 95.5 Å². The molecule has 0 radical (unpaired) electrons. The van der Waals surface area contributed by atoms with Crippen LogP contribution in [0.4, 0.5) is 0 Å². The van der Waals surface area contributed by atoms with Crippen molar-refractivity contribution in [2.24, 2.45) is 0 Å². The lowest BCUT2D eigenvalue weighted by Crippen LogP contribution is -2.48. The van der Waals surface area contributed by atoms with Gasteiger partial charge >= 0.3 is 5.97 Å². The minimum absolute atomic E-state index is 0.524. The summed E-state index contributed by atoms with van der Waals surface area (Å²) in [6.45, 7) is 6.91. The molecule has 0 amide bonds. The molecule has 16 heavy (non-hydrogen) atoms. The van der Waals surface area contributed by atoms with Gasteiger partial charge in [-0.15, -0.1) is 0 Å². The second-order valence-electron chi connectivity index (χ2n) is 4.05. The highest BCUT2D eigenvalue weighted by atomic mass is 16.4. The number of aliphatic carboxylic acids is 1. The van der Waals surface area contributed by atoms with Crippen LogP contribution in [0, 0.1) is 0 Å². The Bertz CT molecular complexity index is 362. The highest BCUT2D eigenvalue weighted by Gasteiger charge is 2.30. The number of carbonyl (C=O) groups is 1. The lowest BCUT2D eigenvalue weighted by atomic mass is 9.99. The fourth-order valence-corrected chi connectivity index (χ4v) is 1.32. The zero-order chi connectivity index (χ0) is 12.2. The largest absolute Gasteiger partial charge is 0.480 e. The third-order valence-electron chi connectivity index (χ3n) is 2.87. The predicted octanol–water partition coefficient (Wildman–Crippen LogP) is 1.25. The van der Waals surface area contributed by atoms with Crippen molar-refractivity contribution in [1.82, 2.24) is 15.1 Å².